The summed E-state index contributed by atoms with van der Waals surface area (Å²) >= 11 is 0. The Morgan fingerprint density at radius 1 is 1.54 bits per heavy atom. The fourth-order valence-corrected chi connectivity index (χ4v) is 1.25. The molecule has 74 valence electrons. The molecule has 0 fully saturated rings. The molecule has 0 radical (unpaired) electrons. The van der Waals surface area contributed by atoms with Gasteiger partial charge in [0.2, 0.25) is 5.95 Å². The summed E-state index contributed by atoms with van der Waals surface area (Å²) in [6, 6.07) is 0. The van der Waals surface area contributed by atoms with Crippen molar-refractivity contribution in [2.24, 2.45) is 0 Å². The molecule has 1 aromatic heterocycles. The molecule has 4 heteroatoms. The fraction of sp³-hybridized carbons (Fsp3) is 0.667. The Hall–Kier alpha value is -1.03. The average molecular weight is 183 g/mol. The number of nitrogens with one attached hydrogen (secondary N) is 1. The van der Waals surface area contributed by atoms with Crippen LogP contribution in [-0.2, 0) is 11.3 Å². The first-order valence-electron chi connectivity index (χ1n) is 4.56. The number of ether oxygens (including phenoxy) is 1. The molecule has 0 bridgehead atoms. The van der Waals surface area contributed by atoms with Crippen LogP contribution in [0, 0.1) is 0 Å². The molecule has 13 heavy (non-hydrogen) atoms. The molecule has 1 heterocycles. The maximum absolute atomic E-state index is 4.98. The number of aryl methyl sites for hydroxylation is 1. The number of hydrogen-bond donors (Lipinski definition) is 1. The third-order valence-electron chi connectivity index (χ3n) is 1.94. The number of rotatable bonds is 6. The Bertz CT molecular complexity index is 235. The lowest BCUT2D eigenvalue weighted by Crippen LogP contribution is -2.03. The summed E-state index contributed by atoms with van der Waals surface area (Å²) in [6.07, 6.45) is 6.01. The van der Waals surface area contributed by atoms with Crippen LogP contribution >= 0.6 is 0 Å². The van der Waals surface area contributed by atoms with E-state index >= 15 is 0 Å². The molecule has 0 atom stereocenters. The van der Waals surface area contributed by atoms with Crippen LogP contribution in [0.4, 0.5) is 5.95 Å². The molecule has 4 nitrogen and oxygen atoms in total. The van der Waals surface area contributed by atoms with E-state index in [1.165, 1.54) is 0 Å². The Morgan fingerprint density at radius 3 is 3.08 bits per heavy atom. The molecule has 0 aliphatic rings. The lowest BCUT2D eigenvalue weighted by Gasteiger charge is -2.06. The lowest BCUT2D eigenvalue weighted by molar-refractivity contribution is 0.191. The van der Waals surface area contributed by atoms with Crippen LogP contribution in [0.2, 0.25) is 0 Å². The minimum absolute atomic E-state index is 0.837. The average Bonchev–Trinajstić information content (AvgIpc) is 2.60. The minimum atomic E-state index is 0.837. The van der Waals surface area contributed by atoms with E-state index in [4.69, 9.17) is 4.74 Å². The van der Waals surface area contributed by atoms with Crippen molar-refractivity contribution in [3.63, 3.8) is 0 Å². The van der Waals surface area contributed by atoms with Gasteiger partial charge in [-0.2, -0.15) is 0 Å². The Balaban J connectivity index is 2.27. The zero-order valence-corrected chi connectivity index (χ0v) is 8.29. The van der Waals surface area contributed by atoms with Crippen LogP contribution in [0.5, 0.6) is 0 Å². The van der Waals surface area contributed by atoms with Gasteiger partial charge < -0.3 is 14.6 Å². The first kappa shape index (κ1) is 10.1. The predicted molar refractivity (Wildman–Crippen MR) is 52.9 cm³/mol. The van der Waals surface area contributed by atoms with Crippen molar-refractivity contribution in [2.75, 3.05) is 26.1 Å². The summed E-state index contributed by atoms with van der Waals surface area (Å²) in [7, 11) is 3.62. The van der Waals surface area contributed by atoms with E-state index in [9.17, 15) is 0 Å². The first-order valence-corrected chi connectivity index (χ1v) is 4.56. The smallest absolute Gasteiger partial charge is 0.202 e. The van der Waals surface area contributed by atoms with Crippen molar-refractivity contribution in [2.45, 2.75) is 19.4 Å². The van der Waals surface area contributed by atoms with E-state index in [0.29, 0.717) is 0 Å². The molecule has 1 aromatic rings. The van der Waals surface area contributed by atoms with Gasteiger partial charge in [0.15, 0.2) is 0 Å². The minimum Gasteiger partial charge on any atom is -0.385 e. The number of unbranched alkanes of at least 4 members (excludes halogenated alkanes) is 1. The largest absolute Gasteiger partial charge is 0.385 e. The second kappa shape index (κ2) is 5.59. The van der Waals surface area contributed by atoms with E-state index in [0.717, 1.165) is 31.9 Å². The molecule has 0 aromatic carbocycles. The quantitative estimate of drug-likeness (QED) is 0.677. The fourth-order valence-electron chi connectivity index (χ4n) is 1.25. The Morgan fingerprint density at radius 2 is 2.38 bits per heavy atom. The van der Waals surface area contributed by atoms with Crippen molar-refractivity contribution in [1.82, 2.24) is 9.55 Å². The van der Waals surface area contributed by atoms with Crippen molar-refractivity contribution >= 4 is 5.95 Å². The highest BCUT2D eigenvalue weighted by Gasteiger charge is 1.98. The second-order valence-electron chi connectivity index (χ2n) is 2.89. The maximum Gasteiger partial charge on any atom is 0.202 e. The SMILES string of the molecule is CNc1nccn1CCCCOC. The van der Waals surface area contributed by atoms with Gasteiger partial charge in [-0.05, 0) is 12.8 Å². The highest BCUT2D eigenvalue weighted by Crippen LogP contribution is 2.04. The van der Waals surface area contributed by atoms with E-state index < -0.39 is 0 Å². The summed E-state index contributed by atoms with van der Waals surface area (Å²) in [5, 5.41) is 3.04. The summed E-state index contributed by atoms with van der Waals surface area (Å²) in [5.41, 5.74) is 0. The van der Waals surface area contributed by atoms with Crippen molar-refractivity contribution in [3.05, 3.63) is 12.4 Å². The number of anilines is 1. The summed E-state index contributed by atoms with van der Waals surface area (Å²) in [6.45, 7) is 1.84. The van der Waals surface area contributed by atoms with Gasteiger partial charge in [0.05, 0.1) is 0 Å². The topological polar surface area (TPSA) is 39.1 Å². The normalized spacial score (nSPS) is 10.3. The predicted octanol–water partition coefficient (Wildman–Crippen LogP) is 1.35. The lowest BCUT2D eigenvalue weighted by atomic mass is 10.3. The Kier molecular flexibility index (Phi) is 4.32. The van der Waals surface area contributed by atoms with E-state index in [1.807, 2.05) is 19.4 Å². The van der Waals surface area contributed by atoms with Crippen LogP contribution in [0.1, 0.15) is 12.8 Å². The van der Waals surface area contributed by atoms with Gasteiger partial charge in [0.25, 0.3) is 0 Å². The number of methoxy groups -OCH3 is 1. The third-order valence-corrected chi connectivity index (χ3v) is 1.94. The zero-order valence-electron chi connectivity index (χ0n) is 8.29. The van der Waals surface area contributed by atoms with Gasteiger partial charge in [0, 0.05) is 39.7 Å². The van der Waals surface area contributed by atoms with Gasteiger partial charge in [-0.1, -0.05) is 0 Å². The highest BCUT2D eigenvalue weighted by atomic mass is 16.5. The molecule has 0 aliphatic heterocycles. The van der Waals surface area contributed by atoms with Gasteiger partial charge in [-0.15, -0.1) is 0 Å². The monoisotopic (exact) mass is 183 g/mol. The third kappa shape index (κ3) is 3.06. The van der Waals surface area contributed by atoms with Crippen LogP contribution in [0.15, 0.2) is 12.4 Å². The maximum atomic E-state index is 4.98. The summed E-state index contributed by atoms with van der Waals surface area (Å²) in [5.74, 6) is 0.928. The van der Waals surface area contributed by atoms with Crippen molar-refractivity contribution in [3.8, 4) is 0 Å². The first-order chi connectivity index (χ1) is 6.38. The highest BCUT2D eigenvalue weighted by molar-refractivity contribution is 5.23. The molecular formula is C9H17N3O. The molecule has 1 N–H and O–H groups in total. The summed E-state index contributed by atoms with van der Waals surface area (Å²) in [4.78, 5) is 4.15. The Labute approximate surface area is 78.9 Å². The van der Waals surface area contributed by atoms with Gasteiger partial charge in [-0.3, -0.25) is 0 Å². The standard InChI is InChI=1S/C9H17N3O/c1-10-9-11-5-7-12(9)6-3-4-8-13-2/h5,7H,3-4,6,8H2,1-2H3,(H,10,11). The van der Waals surface area contributed by atoms with Crippen LogP contribution in [0.3, 0.4) is 0 Å². The van der Waals surface area contributed by atoms with E-state index in [2.05, 4.69) is 14.9 Å². The second-order valence-corrected chi connectivity index (χ2v) is 2.89. The van der Waals surface area contributed by atoms with Crippen molar-refractivity contribution in [1.29, 1.82) is 0 Å². The van der Waals surface area contributed by atoms with Crippen LogP contribution < -0.4 is 5.32 Å². The molecule has 0 amide bonds. The molecule has 0 aliphatic carbocycles. The van der Waals surface area contributed by atoms with E-state index in [1.54, 1.807) is 7.11 Å². The molecule has 1 rings (SSSR count). The zero-order chi connectivity index (χ0) is 9.52. The van der Waals surface area contributed by atoms with Crippen LogP contribution in [0.25, 0.3) is 0 Å². The molecular weight excluding hydrogens is 166 g/mol. The number of nitrogens with zero attached hydrogens (tertiary/aromatic N) is 2. The molecule has 0 spiro atoms. The van der Waals surface area contributed by atoms with Gasteiger partial charge >= 0.3 is 0 Å². The number of hydrogen-bond acceptors (Lipinski definition) is 3. The number of imidazole rings is 1. The van der Waals surface area contributed by atoms with Crippen molar-refractivity contribution < 1.29 is 4.74 Å². The molecule has 0 saturated carbocycles. The van der Waals surface area contributed by atoms with Gasteiger partial charge in [0.1, 0.15) is 0 Å². The molecule has 0 unspecified atom stereocenters. The number of aromatic nitrogens is 2. The summed E-state index contributed by atoms with van der Waals surface area (Å²) < 4.78 is 7.08. The van der Waals surface area contributed by atoms with Gasteiger partial charge in [-0.25, -0.2) is 4.98 Å². The molecule has 0 saturated heterocycles. The van der Waals surface area contributed by atoms with E-state index in [-0.39, 0.29) is 0 Å². The van der Waals surface area contributed by atoms with Crippen LogP contribution in [-0.4, -0.2) is 30.3 Å².